The summed E-state index contributed by atoms with van der Waals surface area (Å²) >= 11 is 0. The largest absolute Gasteiger partial charge is 0.392 e. The third-order valence-corrected chi connectivity index (χ3v) is 2.83. The fraction of sp³-hybridized carbons (Fsp3) is 1.00. The molecule has 0 fully saturated rings. The molecule has 0 aliphatic rings. The number of nitrogens with zero attached hydrogens (tertiary/aromatic N) is 1. The van der Waals surface area contributed by atoms with Crippen LogP contribution >= 0.6 is 0 Å². The number of hydrogen-bond donors (Lipinski definition) is 2. The van der Waals surface area contributed by atoms with Gasteiger partial charge in [0, 0.05) is 18.6 Å². The Morgan fingerprint density at radius 3 is 2.23 bits per heavy atom. The zero-order chi connectivity index (χ0) is 10.5. The van der Waals surface area contributed by atoms with Crippen LogP contribution in [0.15, 0.2) is 0 Å². The lowest BCUT2D eigenvalue weighted by Gasteiger charge is -2.40. The highest BCUT2D eigenvalue weighted by Gasteiger charge is 2.27. The summed E-state index contributed by atoms with van der Waals surface area (Å²) in [7, 11) is 0. The van der Waals surface area contributed by atoms with Crippen LogP contribution in [0.2, 0.25) is 0 Å². The first-order chi connectivity index (χ1) is 6.00. The van der Waals surface area contributed by atoms with Crippen molar-refractivity contribution in [2.75, 3.05) is 19.6 Å². The van der Waals surface area contributed by atoms with Crippen molar-refractivity contribution in [2.24, 2.45) is 5.73 Å². The topological polar surface area (TPSA) is 49.5 Å². The smallest absolute Gasteiger partial charge is 0.0639 e. The van der Waals surface area contributed by atoms with E-state index in [1.807, 2.05) is 6.92 Å². The molecule has 3 nitrogen and oxygen atoms in total. The molecule has 2 unspecified atom stereocenters. The standard InChI is InChI=1S/C10H24N2O/c1-5-10(4,8-11)12(6-2)7-9(3)13/h9,13H,5-8,11H2,1-4H3. The minimum Gasteiger partial charge on any atom is -0.392 e. The van der Waals surface area contributed by atoms with Crippen molar-refractivity contribution in [1.82, 2.24) is 4.90 Å². The highest BCUT2D eigenvalue weighted by molar-refractivity contribution is 4.86. The Balaban J connectivity index is 4.34. The molecule has 0 aromatic rings. The van der Waals surface area contributed by atoms with E-state index in [0.29, 0.717) is 13.1 Å². The van der Waals surface area contributed by atoms with Crippen molar-refractivity contribution < 1.29 is 5.11 Å². The van der Waals surface area contributed by atoms with Gasteiger partial charge in [0.1, 0.15) is 0 Å². The maximum atomic E-state index is 9.33. The van der Waals surface area contributed by atoms with E-state index in [2.05, 4.69) is 25.7 Å². The summed E-state index contributed by atoms with van der Waals surface area (Å²) in [6.45, 7) is 10.5. The number of aliphatic hydroxyl groups is 1. The Bertz CT molecular complexity index is 133. The molecule has 0 aliphatic carbocycles. The first kappa shape index (κ1) is 12.9. The molecule has 0 aromatic carbocycles. The number of rotatable bonds is 6. The minimum atomic E-state index is -0.280. The molecule has 0 rings (SSSR count). The minimum absolute atomic E-state index is 0.0335. The lowest BCUT2D eigenvalue weighted by molar-refractivity contribution is 0.0548. The Hall–Kier alpha value is -0.120. The van der Waals surface area contributed by atoms with E-state index in [4.69, 9.17) is 5.73 Å². The number of hydrogen-bond acceptors (Lipinski definition) is 3. The summed E-state index contributed by atoms with van der Waals surface area (Å²) in [6.07, 6.45) is 0.738. The van der Waals surface area contributed by atoms with E-state index < -0.39 is 0 Å². The molecule has 0 saturated heterocycles. The average molecular weight is 188 g/mol. The lowest BCUT2D eigenvalue weighted by atomic mass is 9.96. The monoisotopic (exact) mass is 188 g/mol. The van der Waals surface area contributed by atoms with Crippen LogP contribution in [-0.2, 0) is 0 Å². The second-order valence-corrected chi connectivity index (χ2v) is 3.94. The van der Waals surface area contributed by atoms with Crippen LogP contribution in [0.3, 0.4) is 0 Å². The Kier molecular flexibility index (Phi) is 5.53. The van der Waals surface area contributed by atoms with Gasteiger partial charge in [0.05, 0.1) is 6.10 Å². The maximum absolute atomic E-state index is 9.33. The highest BCUT2D eigenvalue weighted by atomic mass is 16.3. The normalized spacial score (nSPS) is 18.7. The summed E-state index contributed by atoms with van der Waals surface area (Å²) in [5, 5.41) is 9.33. The molecule has 0 saturated carbocycles. The van der Waals surface area contributed by atoms with Crippen LogP contribution in [0.25, 0.3) is 0 Å². The van der Waals surface area contributed by atoms with Gasteiger partial charge in [0.25, 0.3) is 0 Å². The van der Waals surface area contributed by atoms with Crippen molar-refractivity contribution in [2.45, 2.75) is 45.8 Å². The van der Waals surface area contributed by atoms with Gasteiger partial charge in [-0.25, -0.2) is 0 Å². The summed E-state index contributed by atoms with van der Waals surface area (Å²) < 4.78 is 0. The van der Waals surface area contributed by atoms with Gasteiger partial charge >= 0.3 is 0 Å². The molecule has 0 heterocycles. The fourth-order valence-electron chi connectivity index (χ4n) is 1.55. The van der Waals surface area contributed by atoms with Crippen molar-refractivity contribution in [3.63, 3.8) is 0 Å². The molecular formula is C10H24N2O. The Morgan fingerprint density at radius 1 is 1.46 bits per heavy atom. The van der Waals surface area contributed by atoms with Crippen molar-refractivity contribution in [3.8, 4) is 0 Å². The molecule has 3 heteroatoms. The van der Waals surface area contributed by atoms with Gasteiger partial charge in [0.2, 0.25) is 0 Å². The fourth-order valence-corrected chi connectivity index (χ4v) is 1.55. The van der Waals surface area contributed by atoms with Gasteiger partial charge in [0.15, 0.2) is 0 Å². The van der Waals surface area contributed by atoms with Crippen LogP contribution in [-0.4, -0.2) is 41.3 Å². The van der Waals surface area contributed by atoms with Crippen molar-refractivity contribution >= 4 is 0 Å². The summed E-state index contributed by atoms with van der Waals surface area (Å²) in [5.41, 5.74) is 5.78. The zero-order valence-electron chi connectivity index (χ0n) is 9.38. The second kappa shape index (κ2) is 5.58. The van der Waals surface area contributed by atoms with Gasteiger partial charge in [-0.1, -0.05) is 13.8 Å². The lowest BCUT2D eigenvalue weighted by Crippen LogP contribution is -2.53. The van der Waals surface area contributed by atoms with Gasteiger partial charge in [-0.2, -0.15) is 0 Å². The van der Waals surface area contributed by atoms with Crippen LogP contribution in [0, 0.1) is 0 Å². The van der Waals surface area contributed by atoms with E-state index in [0.717, 1.165) is 13.0 Å². The van der Waals surface area contributed by atoms with E-state index in [1.54, 1.807) is 0 Å². The van der Waals surface area contributed by atoms with Crippen LogP contribution < -0.4 is 5.73 Å². The van der Waals surface area contributed by atoms with Crippen LogP contribution in [0.5, 0.6) is 0 Å². The molecule has 0 aliphatic heterocycles. The van der Waals surface area contributed by atoms with E-state index in [-0.39, 0.29) is 11.6 Å². The molecule has 0 bridgehead atoms. The van der Waals surface area contributed by atoms with Gasteiger partial charge in [-0.3, -0.25) is 4.90 Å². The third-order valence-electron chi connectivity index (χ3n) is 2.83. The second-order valence-electron chi connectivity index (χ2n) is 3.94. The van der Waals surface area contributed by atoms with Crippen molar-refractivity contribution in [3.05, 3.63) is 0 Å². The predicted octanol–water partition coefficient (Wildman–Crippen LogP) is 0.816. The molecule has 2 atom stereocenters. The van der Waals surface area contributed by atoms with Crippen LogP contribution in [0.4, 0.5) is 0 Å². The van der Waals surface area contributed by atoms with E-state index in [1.165, 1.54) is 0 Å². The molecule has 0 radical (unpaired) electrons. The summed E-state index contributed by atoms with van der Waals surface area (Å²) in [4.78, 5) is 2.25. The van der Waals surface area contributed by atoms with E-state index >= 15 is 0 Å². The average Bonchev–Trinajstić information content (AvgIpc) is 2.12. The third kappa shape index (κ3) is 3.63. The first-order valence-electron chi connectivity index (χ1n) is 5.13. The molecule has 80 valence electrons. The van der Waals surface area contributed by atoms with Gasteiger partial charge in [-0.15, -0.1) is 0 Å². The Morgan fingerprint density at radius 2 is 2.00 bits per heavy atom. The molecule has 13 heavy (non-hydrogen) atoms. The zero-order valence-corrected chi connectivity index (χ0v) is 9.38. The SMILES string of the molecule is CCN(CC(C)O)C(C)(CC)CN. The number of β-amino-alcohol motifs (C(OH)–C–C–N with tert-alkyl or cyclic N) is 1. The van der Waals surface area contributed by atoms with Crippen molar-refractivity contribution in [1.29, 1.82) is 0 Å². The summed E-state index contributed by atoms with van der Waals surface area (Å²) in [5.74, 6) is 0. The Labute approximate surface area is 81.9 Å². The van der Waals surface area contributed by atoms with Crippen LogP contribution in [0.1, 0.15) is 34.1 Å². The highest BCUT2D eigenvalue weighted by Crippen LogP contribution is 2.17. The molecule has 0 amide bonds. The maximum Gasteiger partial charge on any atom is 0.0639 e. The molecule has 3 N–H and O–H groups in total. The molecular weight excluding hydrogens is 164 g/mol. The van der Waals surface area contributed by atoms with Gasteiger partial charge in [-0.05, 0) is 26.8 Å². The summed E-state index contributed by atoms with van der Waals surface area (Å²) in [6, 6.07) is 0. The number of likely N-dealkylation sites (N-methyl/N-ethyl adjacent to an activating group) is 1. The number of aliphatic hydroxyl groups excluding tert-OH is 1. The number of nitrogens with two attached hydrogens (primary N) is 1. The molecule has 0 aromatic heterocycles. The molecule has 0 spiro atoms. The predicted molar refractivity (Wildman–Crippen MR) is 56.7 cm³/mol. The van der Waals surface area contributed by atoms with Gasteiger partial charge < -0.3 is 10.8 Å². The quantitative estimate of drug-likeness (QED) is 0.649. The van der Waals surface area contributed by atoms with E-state index in [9.17, 15) is 5.11 Å². The first-order valence-corrected chi connectivity index (χ1v) is 5.13.